The van der Waals surface area contributed by atoms with E-state index >= 15 is 0 Å². The topological polar surface area (TPSA) is 35.1 Å². The van der Waals surface area contributed by atoms with E-state index in [-0.39, 0.29) is 0 Å². The summed E-state index contributed by atoms with van der Waals surface area (Å²) < 4.78 is 5.93. The van der Waals surface area contributed by atoms with Gasteiger partial charge in [-0.05, 0) is 90.3 Å². The Morgan fingerprint density at radius 3 is 2.02 bits per heavy atom. The summed E-state index contributed by atoms with van der Waals surface area (Å²) in [5, 5.41) is 8.31. The lowest BCUT2D eigenvalue weighted by Crippen LogP contribution is -2.09. The van der Waals surface area contributed by atoms with Gasteiger partial charge in [0.05, 0.1) is 27.4 Å². The van der Waals surface area contributed by atoms with Gasteiger partial charge in [0.15, 0.2) is 0 Å². The van der Waals surface area contributed by atoms with Crippen LogP contribution in [0.5, 0.6) is 0 Å². The second kappa shape index (κ2) is 11.0. The van der Waals surface area contributed by atoms with Crippen molar-refractivity contribution in [1.29, 1.82) is 0 Å². The number of aryl methyl sites for hydroxylation is 1. The van der Waals surface area contributed by atoms with Gasteiger partial charge < -0.3 is 9.13 Å². The van der Waals surface area contributed by atoms with Crippen LogP contribution in [0.4, 0.5) is 0 Å². The van der Waals surface area contributed by atoms with Gasteiger partial charge in [-0.25, -0.2) is 4.98 Å². The molecule has 232 valence electrons. The maximum atomic E-state index is 5.36. The highest BCUT2D eigenvalue weighted by Gasteiger charge is 2.15. The lowest BCUT2D eigenvalue weighted by atomic mass is 10.0. The Morgan fingerprint density at radius 2 is 1.20 bits per heavy atom. The fourth-order valence-electron chi connectivity index (χ4n) is 7.62. The molecule has 0 unspecified atom stereocenters. The van der Waals surface area contributed by atoms with Crippen LogP contribution in [-0.2, 0) is 6.67 Å². The Balaban J connectivity index is 1.15. The molecule has 0 spiro atoms. The molecule has 4 aromatic heterocycles. The van der Waals surface area contributed by atoms with Crippen molar-refractivity contribution < 1.29 is 0 Å². The first-order valence-corrected chi connectivity index (χ1v) is 17.4. The number of benzene rings is 6. The van der Waals surface area contributed by atoms with Crippen LogP contribution in [0.1, 0.15) is 5.56 Å². The van der Waals surface area contributed by atoms with Crippen LogP contribution < -0.4 is 5.36 Å². The smallest absolute Gasteiger partial charge is 0.125 e. The van der Waals surface area contributed by atoms with Crippen LogP contribution in [0, 0.1) is 6.92 Å². The van der Waals surface area contributed by atoms with Crippen molar-refractivity contribution >= 4 is 75.3 Å². The van der Waals surface area contributed by atoms with Crippen molar-refractivity contribution in [1.82, 2.24) is 14.1 Å². The van der Waals surface area contributed by atoms with Gasteiger partial charge in [0.25, 0.3) is 0 Å². The number of pyridine rings is 1. The van der Waals surface area contributed by atoms with Crippen molar-refractivity contribution in [2.24, 2.45) is 4.99 Å². The largest absolute Gasteiger partial charge is 0.320 e. The van der Waals surface area contributed by atoms with Gasteiger partial charge in [-0.2, -0.15) is 0 Å². The van der Waals surface area contributed by atoms with Gasteiger partial charge in [-0.3, -0.25) is 4.99 Å². The number of hydrogen-bond acceptors (Lipinski definition) is 3. The van der Waals surface area contributed by atoms with E-state index in [0.29, 0.717) is 6.67 Å². The zero-order valence-electron chi connectivity index (χ0n) is 26.8. The molecule has 0 aliphatic heterocycles. The van der Waals surface area contributed by atoms with Crippen LogP contribution >= 0.6 is 11.3 Å². The van der Waals surface area contributed by atoms with E-state index in [2.05, 4.69) is 156 Å². The third-order valence-corrected chi connectivity index (χ3v) is 10.9. The molecule has 0 aliphatic carbocycles. The minimum absolute atomic E-state index is 0.510. The summed E-state index contributed by atoms with van der Waals surface area (Å²) in [5.41, 5.74) is 9.60. The quantitative estimate of drug-likeness (QED) is 0.175. The summed E-state index contributed by atoms with van der Waals surface area (Å²) in [6, 6.07) is 52.5. The number of para-hydroxylation sites is 3. The molecule has 4 nitrogen and oxygen atoms in total. The number of nitrogens with zero attached hydrogens (tertiary/aromatic N) is 4. The summed E-state index contributed by atoms with van der Waals surface area (Å²) >= 11 is 1.73. The van der Waals surface area contributed by atoms with Crippen LogP contribution in [0.25, 0.3) is 80.7 Å². The fourth-order valence-corrected chi connectivity index (χ4v) is 8.72. The second-order valence-electron chi connectivity index (χ2n) is 12.7. The van der Waals surface area contributed by atoms with E-state index in [9.17, 15) is 0 Å². The van der Waals surface area contributed by atoms with E-state index in [1.54, 1.807) is 11.3 Å². The minimum Gasteiger partial charge on any atom is -0.320 e. The van der Waals surface area contributed by atoms with Crippen LogP contribution in [0.2, 0.25) is 0 Å². The van der Waals surface area contributed by atoms with Gasteiger partial charge in [0, 0.05) is 48.9 Å². The Kier molecular flexibility index (Phi) is 6.30. The van der Waals surface area contributed by atoms with E-state index in [1.165, 1.54) is 76.1 Å². The number of hydrogen-bond donors (Lipinski definition) is 0. The predicted octanol–water partition coefficient (Wildman–Crippen LogP) is 11.2. The molecule has 0 aliphatic rings. The summed E-state index contributed by atoms with van der Waals surface area (Å²) in [6.07, 6.45) is 1.87. The zero-order chi connectivity index (χ0) is 32.5. The number of aromatic nitrogens is 3. The molecule has 0 radical (unpaired) electrons. The van der Waals surface area contributed by atoms with Gasteiger partial charge in [0.1, 0.15) is 11.5 Å². The van der Waals surface area contributed by atoms with Crippen molar-refractivity contribution in [3.8, 4) is 16.8 Å². The molecule has 0 saturated heterocycles. The minimum atomic E-state index is 0.510. The highest BCUT2D eigenvalue weighted by atomic mass is 32.1. The summed E-state index contributed by atoms with van der Waals surface area (Å²) in [6.45, 7) is 2.69. The van der Waals surface area contributed by atoms with E-state index in [4.69, 9.17) is 9.98 Å². The molecule has 0 amide bonds. The molecule has 0 bridgehead atoms. The van der Waals surface area contributed by atoms with Crippen molar-refractivity contribution in [3.63, 3.8) is 0 Å². The highest BCUT2D eigenvalue weighted by Crippen LogP contribution is 2.37. The first-order valence-electron chi connectivity index (χ1n) is 16.6. The molecule has 0 fully saturated rings. The Hall–Kier alpha value is -6.04. The molecule has 0 N–H and O–H groups in total. The normalized spacial score (nSPS) is 12.4. The standard InChI is InChI=1S/C44H30N4S/c1-28-11-9-19-41-42(28)43(34-16-10-24-45-44(34)49-41)46-27-47-37-17-7-5-14-32(37)35-25-29(20-22-38(35)47)30-21-23-40-36(26-30)33-15-6-8-18-39(33)48(40)31-12-3-2-4-13-31/h2-26H,27H2,1H3. The summed E-state index contributed by atoms with van der Waals surface area (Å²) in [4.78, 5) is 11.1. The van der Waals surface area contributed by atoms with Crippen LogP contribution in [-0.4, -0.2) is 14.1 Å². The van der Waals surface area contributed by atoms with Crippen molar-refractivity contribution in [2.45, 2.75) is 13.6 Å². The average Bonchev–Trinajstić information content (AvgIpc) is 3.65. The molecule has 0 saturated carbocycles. The maximum absolute atomic E-state index is 5.36. The zero-order valence-corrected chi connectivity index (χ0v) is 27.7. The molecule has 6 aromatic carbocycles. The molecule has 10 rings (SSSR count). The van der Waals surface area contributed by atoms with Gasteiger partial charge in [-0.15, -0.1) is 11.3 Å². The molecular formula is C44H30N4S. The first kappa shape index (κ1) is 28.0. The predicted molar refractivity (Wildman–Crippen MR) is 207 cm³/mol. The van der Waals surface area contributed by atoms with Gasteiger partial charge in [-0.1, -0.05) is 78.9 Å². The van der Waals surface area contributed by atoms with E-state index in [0.717, 1.165) is 15.6 Å². The highest BCUT2D eigenvalue weighted by molar-refractivity contribution is 7.24. The lowest BCUT2D eigenvalue weighted by Gasteiger charge is -2.09. The molecule has 4 heterocycles. The third-order valence-electron chi connectivity index (χ3n) is 9.87. The van der Waals surface area contributed by atoms with Crippen LogP contribution in [0.3, 0.4) is 0 Å². The SMILES string of the molecule is Cc1cccc2sc3ncccc3c(=NCn3c4ccccc4c4cc(-c5ccc6c(c5)c5ccccc5n6-c5ccccc5)ccc43)c12. The second-order valence-corrected chi connectivity index (χ2v) is 13.7. The monoisotopic (exact) mass is 646 g/mol. The van der Waals surface area contributed by atoms with Crippen molar-refractivity contribution in [2.75, 3.05) is 0 Å². The average molecular weight is 647 g/mol. The van der Waals surface area contributed by atoms with E-state index in [1.807, 2.05) is 12.3 Å². The number of rotatable bonds is 4. The Morgan fingerprint density at radius 1 is 0.571 bits per heavy atom. The van der Waals surface area contributed by atoms with Gasteiger partial charge >= 0.3 is 0 Å². The molecule has 0 atom stereocenters. The Labute approximate surface area is 286 Å². The fraction of sp³-hybridized carbons (Fsp3) is 0.0455. The molecular weight excluding hydrogens is 617 g/mol. The molecule has 49 heavy (non-hydrogen) atoms. The first-order chi connectivity index (χ1) is 24.2. The molecule has 10 aromatic rings. The summed E-state index contributed by atoms with van der Waals surface area (Å²) in [7, 11) is 0. The molecule has 5 heteroatoms. The van der Waals surface area contributed by atoms with Crippen molar-refractivity contribution in [3.05, 3.63) is 163 Å². The van der Waals surface area contributed by atoms with Gasteiger partial charge in [0.2, 0.25) is 0 Å². The lowest BCUT2D eigenvalue weighted by molar-refractivity contribution is 0.773. The third kappa shape index (κ3) is 4.36. The number of fused-ring (bicyclic) bond motifs is 8. The Bertz CT molecular complexity index is 2980. The van der Waals surface area contributed by atoms with Crippen LogP contribution in [0.15, 0.2) is 157 Å². The maximum Gasteiger partial charge on any atom is 0.125 e. The van der Waals surface area contributed by atoms with E-state index < -0.39 is 0 Å². The summed E-state index contributed by atoms with van der Waals surface area (Å²) in [5.74, 6) is 0.